The van der Waals surface area contributed by atoms with E-state index in [2.05, 4.69) is 20.5 Å². The first-order chi connectivity index (χ1) is 16.5. The van der Waals surface area contributed by atoms with E-state index in [1.165, 1.54) is 18.2 Å². The van der Waals surface area contributed by atoms with Gasteiger partial charge in [-0.25, -0.2) is 13.6 Å². The Balaban J connectivity index is 1.23. The lowest BCUT2D eigenvalue weighted by Gasteiger charge is -2.35. The van der Waals surface area contributed by atoms with E-state index < -0.39 is 11.6 Å². The maximum Gasteiger partial charge on any atom is 0.317 e. The molecule has 2 aliphatic rings. The summed E-state index contributed by atoms with van der Waals surface area (Å²) in [6, 6.07) is 7.67. The summed E-state index contributed by atoms with van der Waals surface area (Å²) in [5.41, 5.74) is 4.93. The number of nitrogens with zero attached hydrogens (tertiary/aromatic N) is 4. The summed E-state index contributed by atoms with van der Waals surface area (Å²) in [4.78, 5) is 21.2. The number of likely N-dealkylation sites (tertiary alicyclic amines) is 1. The molecule has 2 aliphatic heterocycles. The van der Waals surface area contributed by atoms with Gasteiger partial charge in [-0.05, 0) is 50.6 Å². The minimum Gasteiger partial charge on any atom is -0.334 e. The fourth-order valence-corrected chi connectivity index (χ4v) is 4.89. The van der Waals surface area contributed by atoms with Gasteiger partial charge in [0.2, 0.25) is 0 Å². The number of urea groups is 1. The van der Waals surface area contributed by atoms with Crippen LogP contribution in [0.15, 0.2) is 36.5 Å². The smallest absolute Gasteiger partial charge is 0.317 e. The van der Waals surface area contributed by atoms with E-state index in [1.54, 1.807) is 6.20 Å². The third kappa shape index (κ3) is 4.65. The first-order valence-electron chi connectivity index (χ1n) is 11.7. The number of aromatic amines is 1. The molecule has 1 saturated heterocycles. The van der Waals surface area contributed by atoms with E-state index in [9.17, 15) is 13.6 Å². The highest BCUT2D eigenvalue weighted by Crippen LogP contribution is 2.28. The minimum atomic E-state index is -0.532. The summed E-state index contributed by atoms with van der Waals surface area (Å²) in [5.74, 6) is -1.06. The summed E-state index contributed by atoms with van der Waals surface area (Å²) in [6.07, 6.45) is 4.18. The maximum absolute atomic E-state index is 14.1. The molecule has 1 fully saturated rings. The SMILES string of the molecule is Cc1cc(-c2n[nH]c3c2CN(C(=O)N[C@@H]2CCCN(Cc4c(F)cccc4F)C2)CC3)ccn1. The number of hydrogen-bond donors (Lipinski definition) is 2. The number of nitrogens with one attached hydrogen (secondary N) is 2. The van der Waals surface area contributed by atoms with Gasteiger partial charge in [-0.2, -0.15) is 5.10 Å². The first-order valence-corrected chi connectivity index (χ1v) is 11.7. The quantitative estimate of drug-likeness (QED) is 0.614. The Morgan fingerprint density at radius 1 is 1.24 bits per heavy atom. The van der Waals surface area contributed by atoms with Crippen LogP contribution in [-0.2, 0) is 19.5 Å². The van der Waals surface area contributed by atoms with Gasteiger partial charge >= 0.3 is 6.03 Å². The number of aryl methyl sites for hydroxylation is 1. The van der Waals surface area contributed by atoms with Crippen LogP contribution >= 0.6 is 0 Å². The topological polar surface area (TPSA) is 77.2 Å². The highest BCUT2D eigenvalue weighted by atomic mass is 19.1. The molecule has 1 atom stereocenters. The van der Waals surface area contributed by atoms with Gasteiger partial charge in [0.15, 0.2) is 0 Å². The molecule has 3 aromatic rings. The number of benzene rings is 1. The number of carbonyl (C=O) groups excluding carboxylic acids is 1. The minimum absolute atomic E-state index is 0.0656. The van der Waals surface area contributed by atoms with Gasteiger partial charge in [0.1, 0.15) is 11.6 Å². The lowest BCUT2D eigenvalue weighted by atomic mass is 10.0. The average molecular weight is 467 g/mol. The molecule has 5 rings (SSSR count). The number of aromatic nitrogens is 3. The lowest BCUT2D eigenvalue weighted by molar-refractivity contribution is 0.158. The largest absolute Gasteiger partial charge is 0.334 e. The van der Waals surface area contributed by atoms with E-state index in [0.29, 0.717) is 26.1 Å². The van der Waals surface area contributed by atoms with Crippen molar-refractivity contribution in [2.24, 2.45) is 0 Å². The van der Waals surface area contributed by atoms with Gasteiger partial charge in [-0.1, -0.05) is 6.07 Å². The van der Waals surface area contributed by atoms with Crippen molar-refractivity contribution in [3.05, 3.63) is 70.7 Å². The molecule has 2 N–H and O–H groups in total. The van der Waals surface area contributed by atoms with Crippen molar-refractivity contribution in [2.75, 3.05) is 19.6 Å². The lowest BCUT2D eigenvalue weighted by Crippen LogP contribution is -2.52. The van der Waals surface area contributed by atoms with Gasteiger partial charge in [0.05, 0.1) is 12.2 Å². The van der Waals surface area contributed by atoms with Crippen LogP contribution in [0.25, 0.3) is 11.3 Å². The second-order valence-electron chi connectivity index (χ2n) is 9.11. The van der Waals surface area contributed by atoms with Crippen LogP contribution < -0.4 is 5.32 Å². The molecule has 2 aromatic heterocycles. The molecule has 0 aliphatic carbocycles. The van der Waals surface area contributed by atoms with Gasteiger partial charge in [0, 0.05) is 66.4 Å². The van der Waals surface area contributed by atoms with Crippen molar-refractivity contribution in [3.8, 4) is 11.3 Å². The summed E-state index contributed by atoms with van der Waals surface area (Å²) in [6.45, 7) is 4.53. The Morgan fingerprint density at radius 3 is 2.85 bits per heavy atom. The third-order valence-electron chi connectivity index (χ3n) is 6.67. The first kappa shape index (κ1) is 22.5. The fourth-order valence-electron chi connectivity index (χ4n) is 4.89. The van der Waals surface area contributed by atoms with Gasteiger partial charge < -0.3 is 10.2 Å². The van der Waals surface area contributed by atoms with Crippen molar-refractivity contribution >= 4 is 6.03 Å². The summed E-state index contributed by atoms with van der Waals surface area (Å²) >= 11 is 0. The number of carbonyl (C=O) groups is 1. The highest BCUT2D eigenvalue weighted by Gasteiger charge is 2.29. The van der Waals surface area contributed by atoms with Crippen LogP contribution in [0.4, 0.5) is 13.6 Å². The number of H-pyrrole nitrogens is 1. The van der Waals surface area contributed by atoms with Crippen molar-refractivity contribution in [2.45, 2.75) is 45.3 Å². The Hall–Kier alpha value is -3.33. The molecule has 2 amide bonds. The van der Waals surface area contributed by atoms with Crippen molar-refractivity contribution in [1.29, 1.82) is 0 Å². The van der Waals surface area contributed by atoms with Crippen LogP contribution in [0.5, 0.6) is 0 Å². The number of piperidine rings is 1. The molecule has 178 valence electrons. The number of pyridine rings is 1. The molecule has 0 saturated carbocycles. The summed E-state index contributed by atoms with van der Waals surface area (Å²) < 4.78 is 28.1. The molecule has 0 spiro atoms. The Bertz CT molecular complexity index is 1180. The normalized spacial score (nSPS) is 18.6. The second-order valence-corrected chi connectivity index (χ2v) is 9.11. The van der Waals surface area contributed by atoms with Crippen LogP contribution in [0, 0.1) is 18.6 Å². The van der Waals surface area contributed by atoms with Crippen LogP contribution in [-0.4, -0.2) is 56.7 Å². The second kappa shape index (κ2) is 9.50. The predicted octanol–water partition coefficient (Wildman–Crippen LogP) is 3.79. The molecule has 1 aromatic carbocycles. The molecule has 7 nitrogen and oxygen atoms in total. The average Bonchev–Trinajstić information content (AvgIpc) is 3.25. The number of halogens is 2. The van der Waals surface area contributed by atoms with Crippen molar-refractivity contribution in [1.82, 2.24) is 30.3 Å². The molecule has 0 radical (unpaired) electrons. The standard InChI is InChI=1S/C25H28F2N6O/c1-16-12-17(7-9-28-16)24-20-15-33(11-8-23(20)30-31-24)25(34)29-18-4-3-10-32(13-18)14-19-21(26)5-2-6-22(19)27/h2,5-7,9,12,18H,3-4,8,10-11,13-15H2,1H3,(H,29,34)(H,30,31)/t18-/m1/s1. The molecular formula is C25H28F2N6O. The Kier molecular flexibility index (Phi) is 6.28. The van der Waals surface area contributed by atoms with Gasteiger partial charge in [-0.15, -0.1) is 0 Å². The molecule has 34 heavy (non-hydrogen) atoms. The molecule has 4 heterocycles. The third-order valence-corrected chi connectivity index (χ3v) is 6.67. The van der Waals surface area contributed by atoms with Crippen molar-refractivity contribution in [3.63, 3.8) is 0 Å². The van der Waals surface area contributed by atoms with E-state index >= 15 is 0 Å². The number of rotatable bonds is 4. The fraction of sp³-hybridized carbons (Fsp3) is 0.400. The monoisotopic (exact) mass is 466 g/mol. The Morgan fingerprint density at radius 2 is 2.06 bits per heavy atom. The molecule has 0 bridgehead atoms. The number of fused-ring (bicyclic) bond motifs is 1. The van der Waals surface area contributed by atoms with Gasteiger partial charge in [0.25, 0.3) is 0 Å². The van der Waals surface area contributed by atoms with E-state index in [-0.39, 0.29) is 24.2 Å². The summed E-state index contributed by atoms with van der Waals surface area (Å²) in [5, 5.41) is 10.8. The van der Waals surface area contributed by atoms with Crippen LogP contribution in [0.3, 0.4) is 0 Å². The zero-order chi connectivity index (χ0) is 23.7. The van der Waals surface area contributed by atoms with E-state index in [1.807, 2.05) is 28.9 Å². The maximum atomic E-state index is 14.1. The molecular weight excluding hydrogens is 438 g/mol. The van der Waals surface area contributed by atoms with Crippen LogP contribution in [0.1, 0.15) is 35.4 Å². The van der Waals surface area contributed by atoms with Crippen molar-refractivity contribution < 1.29 is 13.6 Å². The molecule has 9 heteroatoms. The number of amides is 2. The van der Waals surface area contributed by atoms with Crippen LogP contribution in [0.2, 0.25) is 0 Å². The Labute approximate surface area is 197 Å². The van der Waals surface area contributed by atoms with E-state index in [0.717, 1.165) is 47.6 Å². The molecule has 0 unspecified atom stereocenters. The zero-order valence-corrected chi connectivity index (χ0v) is 19.2. The number of hydrogen-bond acceptors (Lipinski definition) is 4. The zero-order valence-electron chi connectivity index (χ0n) is 19.2. The van der Waals surface area contributed by atoms with E-state index in [4.69, 9.17) is 0 Å². The highest BCUT2D eigenvalue weighted by molar-refractivity contribution is 5.76. The predicted molar refractivity (Wildman–Crippen MR) is 124 cm³/mol. The summed E-state index contributed by atoms with van der Waals surface area (Å²) in [7, 11) is 0. The van der Waals surface area contributed by atoms with Gasteiger partial charge in [-0.3, -0.25) is 15.0 Å².